The molecule has 0 saturated heterocycles. The van der Waals surface area contributed by atoms with Crippen LogP contribution in [-0.2, 0) is 16.2 Å². The highest BCUT2D eigenvalue weighted by atomic mass is 19.1. The molecule has 1 aliphatic rings. The second-order valence-electron chi connectivity index (χ2n) is 6.39. The highest BCUT2D eigenvalue weighted by molar-refractivity contribution is 6.05. The minimum absolute atomic E-state index is 0.0805. The molecule has 2 unspecified atom stereocenters. The van der Waals surface area contributed by atoms with E-state index in [4.69, 9.17) is 9.36 Å². The molecule has 4 rings (SSSR count). The summed E-state index contributed by atoms with van der Waals surface area (Å²) in [5.41, 5.74) is 2.15. The van der Waals surface area contributed by atoms with Gasteiger partial charge in [-0.15, -0.1) is 0 Å². The number of carbonyl (C=O) groups excluding carboxylic acids is 1. The van der Waals surface area contributed by atoms with Gasteiger partial charge in [0.15, 0.2) is 0 Å². The lowest BCUT2D eigenvalue weighted by Gasteiger charge is -2.13. The third-order valence-corrected chi connectivity index (χ3v) is 4.46. The lowest BCUT2D eigenvalue weighted by atomic mass is 9.94. The molecule has 1 aromatic heterocycles. The Morgan fingerprint density at radius 3 is 2.61 bits per heavy atom. The van der Waals surface area contributed by atoms with Crippen LogP contribution >= 0.6 is 0 Å². The highest BCUT2D eigenvalue weighted by Gasteiger charge is 2.36. The molecular formula is C20H17FN4O3. The van der Waals surface area contributed by atoms with Crippen LogP contribution in [0.5, 0.6) is 0 Å². The van der Waals surface area contributed by atoms with Crippen molar-refractivity contribution < 1.29 is 18.5 Å². The first-order valence-electron chi connectivity index (χ1n) is 8.77. The van der Waals surface area contributed by atoms with E-state index in [1.165, 1.54) is 12.1 Å². The molecule has 3 aromatic rings. The molecule has 0 spiro atoms. The fraction of sp³-hybridized carbons (Fsp3) is 0.200. The molecule has 142 valence electrons. The normalized spacial score (nSPS) is 18.4. The van der Waals surface area contributed by atoms with Crippen LogP contribution in [0.25, 0.3) is 11.4 Å². The lowest BCUT2D eigenvalue weighted by Crippen LogP contribution is -2.39. The predicted molar refractivity (Wildman–Crippen MR) is 98.6 cm³/mol. The van der Waals surface area contributed by atoms with E-state index in [0.717, 1.165) is 5.56 Å². The molecule has 1 N–H and O–H groups in total. The van der Waals surface area contributed by atoms with Gasteiger partial charge in [-0.1, -0.05) is 59.7 Å². The summed E-state index contributed by atoms with van der Waals surface area (Å²) in [6.07, 6.45) is -0.781. The van der Waals surface area contributed by atoms with Crippen molar-refractivity contribution in [3.05, 3.63) is 71.9 Å². The van der Waals surface area contributed by atoms with Crippen molar-refractivity contribution in [3.8, 4) is 11.4 Å². The first-order valence-corrected chi connectivity index (χ1v) is 8.77. The first-order chi connectivity index (χ1) is 13.6. The molecule has 2 heterocycles. The van der Waals surface area contributed by atoms with Gasteiger partial charge < -0.3 is 14.7 Å². The molecule has 0 aliphatic carbocycles. The van der Waals surface area contributed by atoms with Crippen molar-refractivity contribution >= 4 is 11.6 Å². The van der Waals surface area contributed by atoms with Crippen LogP contribution in [0.15, 0.2) is 64.3 Å². The summed E-state index contributed by atoms with van der Waals surface area (Å²) in [4.78, 5) is 22.1. The number of aromatic nitrogens is 2. The molecule has 28 heavy (non-hydrogen) atoms. The molecule has 0 bridgehead atoms. The number of carbonyl (C=O) groups is 1. The molecule has 2 atom stereocenters. The Morgan fingerprint density at radius 1 is 1.11 bits per heavy atom. The third kappa shape index (κ3) is 3.62. The zero-order valence-corrected chi connectivity index (χ0v) is 15.0. The number of rotatable bonds is 5. The summed E-state index contributed by atoms with van der Waals surface area (Å²) in [6.45, 7) is 1.91. The van der Waals surface area contributed by atoms with E-state index in [2.05, 4.69) is 20.6 Å². The summed E-state index contributed by atoms with van der Waals surface area (Å²) in [7, 11) is 0. The number of amides is 1. The van der Waals surface area contributed by atoms with Gasteiger partial charge in [-0.3, -0.25) is 4.79 Å². The number of oxime groups is 1. The Labute approximate surface area is 160 Å². The average molecular weight is 380 g/mol. The van der Waals surface area contributed by atoms with E-state index in [1.54, 1.807) is 12.1 Å². The van der Waals surface area contributed by atoms with Crippen LogP contribution < -0.4 is 5.32 Å². The topological polar surface area (TPSA) is 89.6 Å². The maximum atomic E-state index is 13.1. The van der Waals surface area contributed by atoms with Gasteiger partial charge in [-0.05, 0) is 17.7 Å². The maximum Gasteiger partial charge on any atom is 0.265 e. The van der Waals surface area contributed by atoms with Gasteiger partial charge in [0.2, 0.25) is 17.8 Å². The summed E-state index contributed by atoms with van der Waals surface area (Å²) >= 11 is 0. The van der Waals surface area contributed by atoms with Gasteiger partial charge >= 0.3 is 0 Å². The smallest absolute Gasteiger partial charge is 0.265 e. The van der Waals surface area contributed by atoms with Crippen LogP contribution in [-0.4, -0.2) is 27.9 Å². The Hall–Kier alpha value is -3.55. The Bertz CT molecular complexity index is 1000. The predicted octanol–water partition coefficient (Wildman–Crippen LogP) is 2.93. The molecule has 1 amide bonds. The minimum atomic E-state index is -0.781. The number of hydrogen-bond donors (Lipinski definition) is 1. The zero-order chi connectivity index (χ0) is 19.5. The number of hydrogen-bond acceptors (Lipinski definition) is 6. The number of nitrogens with zero attached hydrogens (tertiary/aromatic N) is 3. The second kappa shape index (κ2) is 7.59. The van der Waals surface area contributed by atoms with Crippen molar-refractivity contribution in [2.75, 3.05) is 0 Å². The number of nitrogens with one attached hydrogen (secondary N) is 1. The van der Waals surface area contributed by atoms with Crippen LogP contribution in [0.1, 0.15) is 18.4 Å². The largest absolute Gasteiger partial charge is 0.381 e. The first kappa shape index (κ1) is 17.8. The quantitative estimate of drug-likeness (QED) is 0.735. The second-order valence-corrected chi connectivity index (χ2v) is 6.39. The van der Waals surface area contributed by atoms with E-state index < -0.39 is 6.10 Å². The van der Waals surface area contributed by atoms with E-state index in [0.29, 0.717) is 17.1 Å². The van der Waals surface area contributed by atoms with Crippen molar-refractivity contribution in [1.29, 1.82) is 0 Å². The molecule has 8 heteroatoms. The van der Waals surface area contributed by atoms with E-state index >= 15 is 0 Å². The summed E-state index contributed by atoms with van der Waals surface area (Å²) < 4.78 is 18.3. The van der Waals surface area contributed by atoms with Crippen molar-refractivity contribution in [3.63, 3.8) is 0 Å². The molecular weight excluding hydrogens is 363 g/mol. The fourth-order valence-electron chi connectivity index (χ4n) is 2.94. The molecule has 7 nitrogen and oxygen atoms in total. The summed E-state index contributed by atoms with van der Waals surface area (Å²) in [5.74, 6) is -0.213. The molecule has 1 aliphatic heterocycles. The fourth-order valence-corrected chi connectivity index (χ4v) is 2.94. The third-order valence-electron chi connectivity index (χ3n) is 4.46. The monoisotopic (exact) mass is 380 g/mol. The Balaban J connectivity index is 1.36. The Morgan fingerprint density at radius 2 is 1.86 bits per heavy atom. The van der Waals surface area contributed by atoms with Gasteiger partial charge in [-0.25, -0.2) is 4.39 Å². The standard InChI is InChI=1S/C20H17FN4O3/c1-12-17(13-7-9-15(21)10-8-13)24-28-18(12)20(26)22-11-16-23-19(25-27-16)14-5-3-2-4-6-14/h2-10,12,18H,11H2,1H3,(H,22,26). The van der Waals surface area contributed by atoms with Crippen LogP contribution in [0, 0.1) is 11.7 Å². The van der Waals surface area contributed by atoms with Gasteiger partial charge in [0.25, 0.3) is 5.91 Å². The van der Waals surface area contributed by atoms with Gasteiger partial charge in [-0.2, -0.15) is 4.98 Å². The Kier molecular flexibility index (Phi) is 4.84. The average Bonchev–Trinajstić information content (AvgIpc) is 3.34. The number of halogens is 1. The lowest BCUT2D eigenvalue weighted by molar-refractivity contribution is -0.133. The van der Waals surface area contributed by atoms with E-state index in [-0.39, 0.29) is 30.1 Å². The van der Waals surface area contributed by atoms with E-state index in [9.17, 15) is 9.18 Å². The molecule has 0 radical (unpaired) electrons. The van der Waals surface area contributed by atoms with Crippen molar-refractivity contribution in [2.24, 2.45) is 11.1 Å². The van der Waals surface area contributed by atoms with Gasteiger partial charge in [0, 0.05) is 5.56 Å². The maximum absolute atomic E-state index is 13.1. The summed E-state index contributed by atoms with van der Waals surface area (Å²) in [5, 5.41) is 10.6. The SMILES string of the molecule is CC1C(c2ccc(F)cc2)=NOC1C(=O)NCc1nc(-c2ccccc2)no1. The minimum Gasteiger partial charge on any atom is -0.381 e. The van der Waals surface area contributed by atoms with Crippen LogP contribution in [0.2, 0.25) is 0 Å². The van der Waals surface area contributed by atoms with Gasteiger partial charge in [0.05, 0.1) is 18.2 Å². The van der Waals surface area contributed by atoms with Crippen molar-refractivity contribution in [1.82, 2.24) is 15.5 Å². The van der Waals surface area contributed by atoms with Gasteiger partial charge in [0.1, 0.15) is 5.82 Å². The van der Waals surface area contributed by atoms with Crippen LogP contribution in [0.4, 0.5) is 4.39 Å². The van der Waals surface area contributed by atoms with Crippen molar-refractivity contribution in [2.45, 2.75) is 19.6 Å². The molecule has 2 aromatic carbocycles. The molecule has 0 saturated carbocycles. The highest BCUT2D eigenvalue weighted by Crippen LogP contribution is 2.23. The molecule has 0 fully saturated rings. The van der Waals surface area contributed by atoms with E-state index in [1.807, 2.05) is 37.3 Å². The summed E-state index contributed by atoms with van der Waals surface area (Å²) in [6, 6.07) is 15.3. The van der Waals surface area contributed by atoms with Crippen LogP contribution in [0.3, 0.4) is 0 Å². The number of benzene rings is 2. The zero-order valence-electron chi connectivity index (χ0n) is 15.0.